The SMILES string of the molecule is CC(C)(C)S(=O)(=O)Nc1ccc(CNc2ccc3c(c2)C(=O)N(c2ccc(CF)cc2)C3=O)cc1. The Kier molecular flexibility index (Phi) is 6.38. The van der Waals surface area contributed by atoms with Gasteiger partial charge in [0.2, 0.25) is 10.0 Å². The molecule has 3 aromatic rings. The smallest absolute Gasteiger partial charge is 0.266 e. The van der Waals surface area contributed by atoms with Crippen molar-refractivity contribution in [1.82, 2.24) is 0 Å². The molecule has 0 saturated heterocycles. The van der Waals surface area contributed by atoms with Gasteiger partial charge < -0.3 is 5.32 Å². The van der Waals surface area contributed by atoms with Crippen molar-refractivity contribution >= 4 is 38.9 Å². The van der Waals surface area contributed by atoms with Gasteiger partial charge in [-0.05, 0) is 74.4 Å². The number of nitrogens with zero attached hydrogens (tertiary/aromatic N) is 1. The van der Waals surface area contributed by atoms with Gasteiger partial charge in [-0.25, -0.2) is 17.7 Å². The second-order valence-electron chi connectivity index (χ2n) is 9.27. The highest BCUT2D eigenvalue weighted by Gasteiger charge is 2.36. The van der Waals surface area contributed by atoms with Gasteiger partial charge in [-0.1, -0.05) is 24.3 Å². The van der Waals surface area contributed by atoms with Crippen LogP contribution in [0.4, 0.5) is 21.5 Å². The van der Waals surface area contributed by atoms with E-state index in [4.69, 9.17) is 0 Å². The largest absolute Gasteiger partial charge is 0.381 e. The van der Waals surface area contributed by atoms with Gasteiger partial charge in [-0.2, -0.15) is 0 Å². The fourth-order valence-corrected chi connectivity index (χ4v) is 4.27. The van der Waals surface area contributed by atoms with Crippen LogP contribution in [-0.2, 0) is 23.2 Å². The van der Waals surface area contributed by atoms with Crippen LogP contribution in [0.1, 0.15) is 52.6 Å². The van der Waals surface area contributed by atoms with Crippen LogP contribution in [-0.4, -0.2) is 25.0 Å². The Hall–Kier alpha value is -3.72. The molecule has 0 aromatic heterocycles. The van der Waals surface area contributed by atoms with Crippen LogP contribution in [0, 0.1) is 0 Å². The number of carbonyl (C=O) groups is 2. The summed E-state index contributed by atoms with van der Waals surface area (Å²) in [6.07, 6.45) is 0. The van der Waals surface area contributed by atoms with Crippen molar-refractivity contribution in [3.63, 3.8) is 0 Å². The summed E-state index contributed by atoms with van der Waals surface area (Å²) in [6, 6.07) is 18.2. The Bertz CT molecular complexity index is 1380. The molecule has 9 heteroatoms. The number of amides is 2. The summed E-state index contributed by atoms with van der Waals surface area (Å²) in [6.45, 7) is 4.70. The van der Waals surface area contributed by atoms with Crippen molar-refractivity contribution in [3.05, 3.63) is 89.0 Å². The molecular formula is C26H26FN3O4S. The quantitative estimate of drug-likeness (QED) is 0.444. The molecule has 4 rings (SSSR count). The lowest BCUT2D eigenvalue weighted by Gasteiger charge is -2.20. The molecule has 1 aliphatic heterocycles. The highest BCUT2D eigenvalue weighted by Crippen LogP contribution is 2.30. The number of rotatable bonds is 7. The predicted octanol–water partition coefficient (Wildman–Crippen LogP) is 5.11. The topological polar surface area (TPSA) is 95.6 Å². The number of halogens is 1. The molecule has 0 aliphatic carbocycles. The summed E-state index contributed by atoms with van der Waals surface area (Å²) in [5.41, 5.74) is 3.51. The molecule has 0 unspecified atom stereocenters. The third-order valence-corrected chi connectivity index (χ3v) is 7.86. The van der Waals surface area contributed by atoms with Crippen molar-refractivity contribution in [2.75, 3.05) is 14.9 Å². The van der Waals surface area contributed by atoms with Gasteiger partial charge in [0, 0.05) is 17.9 Å². The van der Waals surface area contributed by atoms with Crippen molar-refractivity contribution in [3.8, 4) is 0 Å². The molecule has 0 fully saturated rings. The van der Waals surface area contributed by atoms with E-state index < -0.39 is 33.3 Å². The lowest BCUT2D eigenvalue weighted by Crippen LogP contribution is -2.33. The number of hydrogen-bond acceptors (Lipinski definition) is 5. The van der Waals surface area contributed by atoms with Crippen LogP contribution >= 0.6 is 0 Å². The number of carbonyl (C=O) groups excluding carboxylic acids is 2. The molecule has 3 aromatic carbocycles. The first-order chi connectivity index (χ1) is 16.5. The number of sulfonamides is 1. The molecule has 1 heterocycles. The van der Waals surface area contributed by atoms with Gasteiger partial charge in [-0.15, -0.1) is 0 Å². The first-order valence-electron chi connectivity index (χ1n) is 11.0. The average molecular weight is 496 g/mol. The van der Waals surface area contributed by atoms with E-state index in [0.717, 1.165) is 10.5 Å². The Morgan fingerprint density at radius 2 is 1.37 bits per heavy atom. The number of imide groups is 1. The van der Waals surface area contributed by atoms with E-state index in [0.29, 0.717) is 40.3 Å². The number of fused-ring (bicyclic) bond motifs is 1. The molecule has 35 heavy (non-hydrogen) atoms. The fourth-order valence-electron chi connectivity index (χ4n) is 3.52. The minimum atomic E-state index is -3.51. The molecule has 7 nitrogen and oxygen atoms in total. The van der Waals surface area contributed by atoms with E-state index in [2.05, 4.69) is 10.0 Å². The Labute approximate surface area is 204 Å². The van der Waals surface area contributed by atoms with Gasteiger partial charge in [-0.3, -0.25) is 14.3 Å². The van der Waals surface area contributed by atoms with Crippen LogP contribution in [0.3, 0.4) is 0 Å². The van der Waals surface area contributed by atoms with Crippen LogP contribution < -0.4 is 14.9 Å². The average Bonchev–Trinajstić information content (AvgIpc) is 3.07. The van der Waals surface area contributed by atoms with Gasteiger partial charge >= 0.3 is 0 Å². The lowest BCUT2D eigenvalue weighted by atomic mass is 10.1. The second kappa shape index (κ2) is 9.14. The lowest BCUT2D eigenvalue weighted by molar-refractivity contribution is 0.0926. The van der Waals surface area contributed by atoms with Crippen LogP contribution in [0.25, 0.3) is 0 Å². The molecule has 1 aliphatic rings. The molecule has 0 radical (unpaired) electrons. The zero-order chi connectivity index (χ0) is 25.4. The van der Waals surface area contributed by atoms with Gasteiger partial charge in [0.05, 0.1) is 21.6 Å². The summed E-state index contributed by atoms with van der Waals surface area (Å²) in [7, 11) is -3.51. The van der Waals surface area contributed by atoms with Crippen molar-refractivity contribution < 1.29 is 22.4 Å². The van der Waals surface area contributed by atoms with E-state index in [1.807, 2.05) is 0 Å². The second-order valence-corrected chi connectivity index (χ2v) is 11.7. The highest BCUT2D eigenvalue weighted by molar-refractivity contribution is 7.94. The fraction of sp³-hybridized carbons (Fsp3) is 0.231. The molecule has 0 atom stereocenters. The van der Waals surface area contributed by atoms with Crippen molar-refractivity contribution in [1.29, 1.82) is 0 Å². The number of benzene rings is 3. The number of alkyl halides is 1. The van der Waals surface area contributed by atoms with Crippen molar-refractivity contribution in [2.24, 2.45) is 0 Å². The third-order valence-electron chi connectivity index (χ3n) is 5.74. The minimum absolute atomic E-state index is 0.293. The van der Waals surface area contributed by atoms with E-state index in [9.17, 15) is 22.4 Å². The van der Waals surface area contributed by atoms with Crippen LogP contribution in [0.2, 0.25) is 0 Å². The summed E-state index contributed by atoms with van der Waals surface area (Å²) in [4.78, 5) is 26.9. The Morgan fingerprint density at radius 3 is 1.97 bits per heavy atom. The maximum atomic E-state index is 13.0. The molecule has 2 N–H and O–H groups in total. The molecule has 0 spiro atoms. The maximum Gasteiger partial charge on any atom is 0.266 e. The van der Waals surface area contributed by atoms with E-state index in [1.54, 1.807) is 87.5 Å². The molecular weight excluding hydrogens is 469 g/mol. The normalized spacial score (nSPS) is 13.7. The van der Waals surface area contributed by atoms with E-state index >= 15 is 0 Å². The van der Waals surface area contributed by atoms with E-state index in [1.165, 1.54) is 0 Å². The predicted molar refractivity (Wildman–Crippen MR) is 135 cm³/mol. The Morgan fingerprint density at radius 1 is 0.800 bits per heavy atom. The summed E-state index contributed by atoms with van der Waals surface area (Å²) >= 11 is 0. The number of nitrogens with one attached hydrogen (secondary N) is 2. The zero-order valence-corrected chi connectivity index (χ0v) is 20.4. The third kappa shape index (κ3) is 4.90. The first kappa shape index (κ1) is 24.4. The maximum absolute atomic E-state index is 13.0. The molecule has 2 amide bonds. The van der Waals surface area contributed by atoms with Gasteiger partial charge in [0.15, 0.2) is 0 Å². The highest BCUT2D eigenvalue weighted by atomic mass is 32.2. The Balaban J connectivity index is 1.44. The minimum Gasteiger partial charge on any atom is -0.381 e. The molecule has 182 valence electrons. The van der Waals surface area contributed by atoms with E-state index in [-0.39, 0.29) is 0 Å². The van der Waals surface area contributed by atoms with Crippen LogP contribution in [0.5, 0.6) is 0 Å². The summed E-state index contributed by atoms with van der Waals surface area (Å²) < 4.78 is 39.1. The standard InChI is InChI=1S/C26H26FN3O4S/c1-26(2,3)35(33,34)29-19-8-4-18(5-9-19)16-28-20-10-13-22-23(14-20)25(32)30(24(22)31)21-11-6-17(15-27)7-12-21/h4-14,28-29H,15-16H2,1-3H3. The monoisotopic (exact) mass is 495 g/mol. The van der Waals surface area contributed by atoms with Crippen LogP contribution in [0.15, 0.2) is 66.7 Å². The molecule has 0 saturated carbocycles. The summed E-state index contributed by atoms with van der Waals surface area (Å²) in [5, 5.41) is 3.23. The van der Waals surface area contributed by atoms with Gasteiger partial charge in [0.25, 0.3) is 11.8 Å². The summed E-state index contributed by atoms with van der Waals surface area (Å²) in [5.74, 6) is -0.852. The molecule has 0 bridgehead atoms. The first-order valence-corrected chi connectivity index (χ1v) is 12.5. The zero-order valence-electron chi connectivity index (χ0n) is 19.6. The van der Waals surface area contributed by atoms with Gasteiger partial charge in [0.1, 0.15) is 6.67 Å². The number of anilines is 3. The van der Waals surface area contributed by atoms with Crippen molar-refractivity contribution in [2.45, 2.75) is 38.7 Å². The number of hydrogen-bond donors (Lipinski definition) is 2.